The number of hydrogen-bond acceptors (Lipinski definition) is 5. The Labute approximate surface area is 215 Å². The molecule has 11 heteroatoms. The first-order chi connectivity index (χ1) is 16.2. The normalized spacial score (nSPS) is 24.1. The number of nitrogens with zero attached hydrogens (tertiary/aromatic N) is 1. The molecule has 178 valence electrons. The van der Waals surface area contributed by atoms with Crippen molar-refractivity contribution in [3.63, 3.8) is 0 Å². The lowest BCUT2D eigenvalue weighted by molar-refractivity contribution is -0.122. The minimum absolute atomic E-state index is 0.0759. The summed E-state index contributed by atoms with van der Waals surface area (Å²) in [5.41, 5.74) is 0.598. The molecule has 2 aromatic carbocycles. The number of imide groups is 1. The van der Waals surface area contributed by atoms with E-state index in [0.29, 0.717) is 17.9 Å². The summed E-state index contributed by atoms with van der Waals surface area (Å²) in [7, 11) is 0. The van der Waals surface area contributed by atoms with Gasteiger partial charge in [0.1, 0.15) is 0 Å². The zero-order valence-corrected chi connectivity index (χ0v) is 20.5. The average Bonchev–Trinajstić information content (AvgIpc) is 3.04. The number of ether oxygens (including phenoxy) is 1. The summed E-state index contributed by atoms with van der Waals surface area (Å²) in [6.07, 6.45) is 0.629. The van der Waals surface area contributed by atoms with Crippen molar-refractivity contribution in [2.75, 3.05) is 16.8 Å². The van der Waals surface area contributed by atoms with Crippen molar-refractivity contribution >= 4 is 81.5 Å². The lowest BCUT2D eigenvalue weighted by atomic mass is 9.80. The van der Waals surface area contributed by atoms with E-state index < -0.39 is 41.1 Å². The number of hydrogen-bond donors (Lipinski definition) is 1. The molecule has 0 aromatic heterocycles. The highest BCUT2D eigenvalue weighted by atomic mass is 35.5. The summed E-state index contributed by atoms with van der Waals surface area (Å²) in [5.74, 6) is -3.23. The van der Waals surface area contributed by atoms with E-state index >= 15 is 0 Å². The SMILES string of the molecule is O=C(COC(=O)c1cccc(N2C(=O)[C@H]3C[C@@H](Cl)[C@@H](Cl)C[C@H]3C2=O)c1)Nc1cc(Cl)ccc1Cl. The fourth-order valence-electron chi connectivity index (χ4n) is 4.12. The predicted molar refractivity (Wildman–Crippen MR) is 130 cm³/mol. The Morgan fingerprint density at radius 1 is 0.971 bits per heavy atom. The zero-order chi connectivity index (χ0) is 24.6. The molecule has 1 aliphatic carbocycles. The molecule has 2 aliphatic rings. The summed E-state index contributed by atoms with van der Waals surface area (Å²) in [6, 6.07) is 10.5. The van der Waals surface area contributed by atoms with Gasteiger partial charge >= 0.3 is 5.97 Å². The van der Waals surface area contributed by atoms with E-state index in [1.807, 2.05) is 0 Å². The summed E-state index contributed by atoms with van der Waals surface area (Å²) in [4.78, 5) is 51.6. The van der Waals surface area contributed by atoms with Gasteiger partial charge in [0, 0.05) is 5.02 Å². The van der Waals surface area contributed by atoms with E-state index in [-0.39, 0.29) is 33.8 Å². The van der Waals surface area contributed by atoms with Crippen LogP contribution in [0, 0.1) is 11.8 Å². The Balaban J connectivity index is 1.42. The predicted octanol–water partition coefficient (Wildman–Crippen LogP) is 4.90. The highest BCUT2D eigenvalue weighted by molar-refractivity contribution is 6.35. The van der Waals surface area contributed by atoms with Crippen LogP contribution < -0.4 is 10.2 Å². The monoisotopic (exact) mass is 542 g/mol. The fourth-order valence-corrected chi connectivity index (χ4v) is 5.04. The number of carbonyl (C=O) groups excluding carboxylic acids is 4. The van der Waals surface area contributed by atoms with E-state index in [2.05, 4.69) is 5.32 Å². The fraction of sp³-hybridized carbons (Fsp3) is 0.304. The Kier molecular flexibility index (Phi) is 7.38. The number of benzene rings is 2. The van der Waals surface area contributed by atoms with Gasteiger partial charge in [-0.05, 0) is 49.2 Å². The molecular formula is C23H18Cl4N2O5. The van der Waals surface area contributed by atoms with Crippen molar-refractivity contribution in [2.24, 2.45) is 11.8 Å². The van der Waals surface area contributed by atoms with E-state index in [9.17, 15) is 19.2 Å². The third-order valence-corrected chi connectivity index (χ3v) is 7.45. The molecule has 1 saturated heterocycles. The number of nitrogens with one attached hydrogen (secondary N) is 1. The topological polar surface area (TPSA) is 92.8 Å². The van der Waals surface area contributed by atoms with E-state index in [1.165, 1.54) is 30.3 Å². The van der Waals surface area contributed by atoms with Crippen LogP contribution in [0.3, 0.4) is 0 Å². The molecule has 0 unspecified atom stereocenters. The number of anilines is 2. The van der Waals surface area contributed by atoms with Gasteiger partial charge in [0.25, 0.3) is 5.91 Å². The van der Waals surface area contributed by atoms with Crippen molar-refractivity contribution in [3.05, 3.63) is 58.1 Å². The molecule has 1 saturated carbocycles. The second kappa shape index (κ2) is 10.1. The van der Waals surface area contributed by atoms with Crippen molar-refractivity contribution in [1.29, 1.82) is 0 Å². The number of amides is 3. The van der Waals surface area contributed by atoms with Gasteiger partial charge in [0.05, 0.1) is 44.6 Å². The molecule has 1 N–H and O–H groups in total. The van der Waals surface area contributed by atoms with Crippen LogP contribution in [-0.2, 0) is 19.1 Å². The zero-order valence-electron chi connectivity index (χ0n) is 17.5. The minimum atomic E-state index is -0.799. The van der Waals surface area contributed by atoms with E-state index in [1.54, 1.807) is 12.1 Å². The van der Waals surface area contributed by atoms with E-state index in [0.717, 1.165) is 4.90 Å². The number of fused-ring (bicyclic) bond motifs is 1. The van der Waals surface area contributed by atoms with Crippen LogP contribution in [0.2, 0.25) is 10.0 Å². The molecule has 2 fully saturated rings. The smallest absolute Gasteiger partial charge is 0.338 e. The molecule has 1 aliphatic heterocycles. The van der Waals surface area contributed by atoms with Gasteiger partial charge in [-0.25, -0.2) is 4.79 Å². The molecule has 4 rings (SSSR count). The van der Waals surface area contributed by atoms with E-state index in [4.69, 9.17) is 51.1 Å². The first-order valence-electron chi connectivity index (χ1n) is 10.3. The van der Waals surface area contributed by atoms with Gasteiger partial charge in [-0.3, -0.25) is 19.3 Å². The van der Waals surface area contributed by atoms with Crippen LogP contribution in [0.15, 0.2) is 42.5 Å². The summed E-state index contributed by atoms with van der Waals surface area (Å²) in [5, 5.41) is 2.37. The number of rotatable bonds is 5. The quantitative estimate of drug-likeness (QED) is 0.329. The molecule has 0 bridgehead atoms. The Hall–Kier alpha value is -2.32. The van der Waals surface area contributed by atoms with Gasteiger partial charge in [-0.15, -0.1) is 23.2 Å². The maximum absolute atomic E-state index is 12.9. The Morgan fingerprint density at radius 2 is 1.62 bits per heavy atom. The van der Waals surface area contributed by atoms with Crippen LogP contribution >= 0.6 is 46.4 Å². The molecule has 4 atom stereocenters. The standard InChI is InChI=1S/C23H18Cl4N2O5/c24-12-4-5-16(25)19(7-12)28-20(30)10-34-23(33)11-2-1-3-13(6-11)29-21(31)14-8-17(26)18(27)9-15(14)22(29)32/h1-7,14-15,17-18H,8-10H2,(H,28,30)/t14-,15+,17+,18-. The highest BCUT2D eigenvalue weighted by Crippen LogP contribution is 2.43. The number of esters is 1. The van der Waals surface area contributed by atoms with Crippen molar-refractivity contribution in [2.45, 2.75) is 23.6 Å². The second-order valence-electron chi connectivity index (χ2n) is 8.03. The van der Waals surface area contributed by atoms with Crippen molar-refractivity contribution < 1.29 is 23.9 Å². The third-order valence-electron chi connectivity index (χ3n) is 5.79. The maximum atomic E-state index is 12.9. The maximum Gasteiger partial charge on any atom is 0.338 e. The van der Waals surface area contributed by atoms with Gasteiger partial charge < -0.3 is 10.1 Å². The number of halogens is 4. The van der Waals surface area contributed by atoms with Crippen molar-refractivity contribution in [3.8, 4) is 0 Å². The molecular weight excluding hydrogens is 526 g/mol. The molecule has 0 radical (unpaired) electrons. The highest BCUT2D eigenvalue weighted by Gasteiger charge is 2.52. The summed E-state index contributed by atoms with van der Waals surface area (Å²) >= 11 is 24.3. The van der Waals surface area contributed by atoms with Crippen LogP contribution in [0.1, 0.15) is 23.2 Å². The van der Waals surface area contributed by atoms with Gasteiger partial charge in [0.15, 0.2) is 6.61 Å². The summed E-state index contributed by atoms with van der Waals surface area (Å²) < 4.78 is 5.08. The molecule has 1 heterocycles. The largest absolute Gasteiger partial charge is 0.452 e. The molecule has 3 amide bonds. The Morgan fingerprint density at radius 3 is 2.26 bits per heavy atom. The molecule has 2 aromatic rings. The average molecular weight is 544 g/mol. The lowest BCUT2D eigenvalue weighted by Crippen LogP contribution is -2.34. The molecule has 34 heavy (non-hydrogen) atoms. The second-order valence-corrected chi connectivity index (χ2v) is 9.99. The summed E-state index contributed by atoms with van der Waals surface area (Å²) in [6.45, 7) is -0.578. The van der Waals surface area contributed by atoms with Crippen LogP contribution in [0.5, 0.6) is 0 Å². The lowest BCUT2D eigenvalue weighted by Gasteiger charge is -2.28. The van der Waals surface area contributed by atoms with Gasteiger partial charge in [-0.2, -0.15) is 0 Å². The number of carbonyl (C=O) groups is 4. The minimum Gasteiger partial charge on any atom is -0.452 e. The first-order valence-corrected chi connectivity index (χ1v) is 12.0. The molecule has 7 nitrogen and oxygen atoms in total. The molecule has 0 spiro atoms. The Bertz CT molecular complexity index is 1150. The van der Waals surface area contributed by atoms with Gasteiger partial charge in [0.2, 0.25) is 11.8 Å². The van der Waals surface area contributed by atoms with Crippen LogP contribution in [0.4, 0.5) is 11.4 Å². The van der Waals surface area contributed by atoms with Crippen molar-refractivity contribution in [1.82, 2.24) is 0 Å². The van der Waals surface area contributed by atoms with Crippen LogP contribution in [0.25, 0.3) is 0 Å². The van der Waals surface area contributed by atoms with Crippen LogP contribution in [-0.4, -0.2) is 41.1 Å². The van der Waals surface area contributed by atoms with Gasteiger partial charge in [-0.1, -0.05) is 29.3 Å². The number of alkyl halides is 2. The first kappa shape index (κ1) is 24.8. The third kappa shape index (κ3) is 5.03.